The molecule has 0 aliphatic carbocycles. The number of rotatable bonds is 6. The lowest BCUT2D eigenvalue weighted by molar-refractivity contribution is -0.121. The third-order valence-electron chi connectivity index (χ3n) is 5.09. The van der Waals surface area contributed by atoms with E-state index in [4.69, 9.17) is 0 Å². The SMILES string of the molecule is Cc1ccc([C@@H](C)NC(=O)CCCN2C(=O)c3ccccc3S2(=O)=O)cc1C. The molecule has 2 aromatic rings. The van der Waals surface area contributed by atoms with E-state index >= 15 is 0 Å². The Kier molecular flexibility index (Phi) is 5.56. The van der Waals surface area contributed by atoms with E-state index in [0.717, 1.165) is 15.4 Å². The molecule has 1 heterocycles. The Labute approximate surface area is 165 Å². The van der Waals surface area contributed by atoms with Crippen molar-refractivity contribution in [1.29, 1.82) is 0 Å². The third-order valence-corrected chi connectivity index (χ3v) is 6.93. The zero-order valence-electron chi connectivity index (χ0n) is 16.2. The quantitative estimate of drug-likeness (QED) is 0.808. The van der Waals surface area contributed by atoms with Gasteiger partial charge in [0.15, 0.2) is 0 Å². The highest BCUT2D eigenvalue weighted by atomic mass is 32.2. The van der Waals surface area contributed by atoms with Crippen molar-refractivity contribution < 1.29 is 18.0 Å². The molecule has 0 bridgehead atoms. The maximum Gasteiger partial charge on any atom is 0.269 e. The molecule has 28 heavy (non-hydrogen) atoms. The minimum Gasteiger partial charge on any atom is -0.350 e. The molecule has 7 heteroatoms. The Morgan fingerprint density at radius 2 is 1.82 bits per heavy atom. The molecule has 6 nitrogen and oxygen atoms in total. The van der Waals surface area contributed by atoms with Gasteiger partial charge in [-0.05, 0) is 56.0 Å². The largest absolute Gasteiger partial charge is 0.350 e. The number of carbonyl (C=O) groups is 2. The van der Waals surface area contributed by atoms with Crippen LogP contribution in [0.2, 0.25) is 0 Å². The van der Waals surface area contributed by atoms with Crippen LogP contribution in [0.5, 0.6) is 0 Å². The van der Waals surface area contributed by atoms with Crippen LogP contribution in [0, 0.1) is 13.8 Å². The summed E-state index contributed by atoms with van der Waals surface area (Å²) in [4.78, 5) is 24.6. The van der Waals surface area contributed by atoms with Gasteiger partial charge in [-0.2, -0.15) is 0 Å². The Bertz CT molecular complexity index is 1030. The van der Waals surface area contributed by atoms with Crippen molar-refractivity contribution in [3.05, 3.63) is 64.7 Å². The van der Waals surface area contributed by atoms with Gasteiger partial charge in [-0.15, -0.1) is 0 Å². The van der Waals surface area contributed by atoms with Gasteiger partial charge in [0.05, 0.1) is 11.6 Å². The predicted molar refractivity (Wildman–Crippen MR) is 106 cm³/mol. The van der Waals surface area contributed by atoms with E-state index in [-0.39, 0.29) is 41.8 Å². The number of benzene rings is 2. The van der Waals surface area contributed by atoms with Gasteiger partial charge in [-0.25, -0.2) is 12.7 Å². The van der Waals surface area contributed by atoms with Gasteiger partial charge < -0.3 is 5.32 Å². The van der Waals surface area contributed by atoms with Crippen LogP contribution in [0.4, 0.5) is 0 Å². The van der Waals surface area contributed by atoms with E-state index in [0.29, 0.717) is 0 Å². The van der Waals surface area contributed by atoms with Crippen molar-refractivity contribution in [2.45, 2.75) is 44.6 Å². The first-order valence-electron chi connectivity index (χ1n) is 9.24. The molecule has 1 N–H and O–H groups in total. The minimum absolute atomic E-state index is 0.0126. The highest BCUT2D eigenvalue weighted by Crippen LogP contribution is 2.30. The fourth-order valence-electron chi connectivity index (χ4n) is 3.27. The molecule has 1 aliphatic heterocycles. The lowest BCUT2D eigenvalue weighted by atomic mass is 10.0. The molecule has 148 valence electrons. The van der Waals surface area contributed by atoms with Crippen LogP contribution in [0.1, 0.15) is 52.9 Å². The fourth-order valence-corrected chi connectivity index (χ4v) is 4.87. The highest BCUT2D eigenvalue weighted by molar-refractivity contribution is 7.90. The van der Waals surface area contributed by atoms with Crippen LogP contribution in [0.3, 0.4) is 0 Å². The lowest BCUT2D eigenvalue weighted by Crippen LogP contribution is -2.32. The molecule has 0 saturated carbocycles. The Morgan fingerprint density at radius 1 is 1.11 bits per heavy atom. The van der Waals surface area contributed by atoms with Gasteiger partial charge in [0.25, 0.3) is 15.9 Å². The first-order valence-corrected chi connectivity index (χ1v) is 10.7. The second-order valence-electron chi connectivity index (χ2n) is 7.11. The van der Waals surface area contributed by atoms with Crippen LogP contribution in [-0.2, 0) is 14.8 Å². The number of hydrogen-bond donors (Lipinski definition) is 1. The molecule has 2 amide bonds. The van der Waals surface area contributed by atoms with Gasteiger partial charge in [0, 0.05) is 13.0 Å². The molecule has 0 unspecified atom stereocenters. The average Bonchev–Trinajstić information content (AvgIpc) is 2.85. The summed E-state index contributed by atoms with van der Waals surface area (Å²) in [7, 11) is -3.82. The van der Waals surface area contributed by atoms with Crippen molar-refractivity contribution in [3.63, 3.8) is 0 Å². The molecule has 1 atom stereocenters. The van der Waals surface area contributed by atoms with E-state index in [1.165, 1.54) is 17.7 Å². The van der Waals surface area contributed by atoms with E-state index < -0.39 is 15.9 Å². The highest BCUT2D eigenvalue weighted by Gasteiger charge is 2.40. The summed E-state index contributed by atoms with van der Waals surface area (Å²) in [5.41, 5.74) is 3.56. The lowest BCUT2D eigenvalue weighted by Gasteiger charge is -2.17. The van der Waals surface area contributed by atoms with E-state index in [1.54, 1.807) is 12.1 Å². The first-order chi connectivity index (χ1) is 13.2. The Morgan fingerprint density at radius 3 is 2.50 bits per heavy atom. The zero-order chi connectivity index (χ0) is 20.5. The van der Waals surface area contributed by atoms with Gasteiger partial charge in [0.2, 0.25) is 5.91 Å². The fraction of sp³-hybridized carbons (Fsp3) is 0.333. The van der Waals surface area contributed by atoms with Crippen molar-refractivity contribution >= 4 is 21.8 Å². The molecule has 0 aromatic heterocycles. The van der Waals surface area contributed by atoms with Crippen molar-refractivity contribution in [2.24, 2.45) is 0 Å². The second-order valence-corrected chi connectivity index (χ2v) is 8.95. The molecule has 0 fully saturated rings. The summed E-state index contributed by atoms with van der Waals surface area (Å²) in [5.74, 6) is -0.702. The summed E-state index contributed by atoms with van der Waals surface area (Å²) in [6, 6.07) is 12.1. The zero-order valence-corrected chi connectivity index (χ0v) is 17.0. The number of aryl methyl sites for hydroxylation is 2. The van der Waals surface area contributed by atoms with Crippen LogP contribution < -0.4 is 5.32 Å². The third kappa shape index (κ3) is 3.80. The van der Waals surface area contributed by atoms with Crippen molar-refractivity contribution in [2.75, 3.05) is 6.54 Å². The topological polar surface area (TPSA) is 83.6 Å². The second kappa shape index (κ2) is 7.75. The Hall–Kier alpha value is -2.67. The van der Waals surface area contributed by atoms with Crippen molar-refractivity contribution in [1.82, 2.24) is 9.62 Å². The van der Waals surface area contributed by atoms with Gasteiger partial charge in [0.1, 0.15) is 4.90 Å². The number of hydrogen-bond acceptors (Lipinski definition) is 4. The monoisotopic (exact) mass is 400 g/mol. The van der Waals surface area contributed by atoms with Gasteiger partial charge in [-0.3, -0.25) is 9.59 Å². The predicted octanol–water partition coefficient (Wildman–Crippen LogP) is 3.11. The number of amides is 2. The molecule has 0 radical (unpaired) electrons. The smallest absolute Gasteiger partial charge is 0.269 e. The number of fused-ring (bicyclic) bond motifs is 1. The van der Waals surface area contributed by atoms with Crippen LogP contribution in [0.25, 0.3) is 0 Å². The molecule has 0 spiro atoms. The van der Waals surface area contributed by atoms with Crippen LogP contribution in [-0.4, -0.2) is 31.1 Å². The summed E-state index contributed by atoms with van der Waals surface area (Å²) >= 11 is 0. The Balaban J connectivity index is 1.56. The van der Waals surface area contributed by atoms with Crippen LogP contribution in [0.15, 0.2) is 47.4 Å². The van der Waals surface area contributed by atoms with E-state index in [9.17, 15) is 18.0 Å². The average molecular weight is 401 g/mol. The summed E-state index contributed by atoms with van der Waals surface area (Å²) in [6.45, 7) is 5.96. The van der Waals surface area contributed by atoms with Gasteiger partial charge >= 0.3 is 0 Å². The minimum atomic E-state index is -3.82. The van der Waals surface area contributed by atoms with E-state index in [2.05, 4.69) is 5.32 Å². The molecule has 0 saturated heterocycles. The molecule has 1 aliphatic rings. The molecule has 3 rings (SSSR count). The molecule has 2 aromatic carbocycles. The normalized spacial score (nSPS) is 16.0. The van der Waals surface area contributed by atoms with Gasteiger partial charge in [-0.1, -0.05) is 30.3 Å². The maximum atomic E-state index is 12.5. The molecular formula is C21H24N2O4S. The van der Waals surface area contributed by atoms with E-state index in [1.807, 2.05) is 39.0 Å². The first kappa shape index (κ1) is 20.1. The van der Waals surface area contributed by atoms with Crippen molar-refractivity contribution in [3.8, 4) is 0 Å². The van der Waals surface area contributed by atoms with Crippen LogP contribution >= 0.6 is 0 Å². The number of nitrogens with zero attached hydrogens (tertiary/aromatic N) is 1. The molecular weight excluding hydrogens is 376 g/mol. The number of sulfonamides is 1. The summed E-state index contributed by atoms with van der Waals surface area (Å²) < 4.78 is 25.9. The summed E-state index contributed by atoms with van der Waals surface area (Å²) in [6.07, 6.45) is 0.412. The standard InChI is InChI=1S/C21H24N2O4S/c1-14-10-11-17(13-15(14)2)16(3)22-20(24)9-6-12-23-21(25)18-7-4-5-8-19(18)28(23,26)27/h4-5,7-8,10-11,13,16H,6,9,12H2,1-3H3,(H,22,24)/t16-/m1/s1. The number of carbonyl (C=O) groups excluding carboxylic acids is 2. The summed E-state index contributed by atoms with van der Waals surface area (Å²) in [5, 5.41) is 2.93. The number of nitrogens with one attached hydrogen (secondary N) is 1. The maximum absolute atomic E-state index is 12.5.